The highest BCUT2D eigenvalue weighted by atomic mass is 16.4. The van der Waals surface area contributed by atoms with E-state index in [1.165, 1.54) is 0 Å². The molecule has 0 unspecified atom stereocenters. The zero-order chi connectivity index (χ0) is 13.4. The normalized spacial score (nSPS) is 11.0. The molecule has 0 aliphatic heterocycles. The number of fused-ring (bicyclic) bond motifs is 1. The van der Waals surface area contributed by atoms with Crippen LogP contribution >= 0.6 is 0 Å². The summed E-state index contributed by atoms with van der Waals surface area (Å²) in [7, 11) is 0. The second-order valence-corrected chi connectivity index (χ2v) is 4.39. The summed E-state index contributed by atoms with van der Waals surface area (Å²) in [6.07, 6.45) is 3.32. The van der Waals surface area contributed by atoms with Crippen LogP contribution in [-0.4, -0.2) is 20.6 Å². The van der Waals surface area contributed by atoms with Crippen molar-refractivity contribution < 1.29 is 14.3 Å². The Kier molecular flexibility index (Phi) is 2.59. The number of aromatic nitrogens is 2. The lowest BCUT2D eigenvalue weighted by Crippen LogP contribution is -2.01. The number of aromatic carboxylic acids is 1. The SMILES string of the molecule is Cc1nc2cc(C(=O)O)ccc2n1Cc1ccoc1. The molecule has 0 aliphatic rings. The summed E-state index contributed by atoms with van der Waals surface area (Å²) in [5, 5.41) is 8.98. The lowest BCUT2D eigenvalue weighted by atomic mass is 10.2. The highest BCUT2D eigenvalue weighted by Crippen LogP contribution is 2.19. The minimum Gasteiger partial charge on any atom is -0.478 e. The first kappa shape index (κ1) is 11.5. The van der Waals surface area contributed by atoms with Gasteiger partial charge >= 0.3 is 5.97 Å². The molecule has 0 saturated carbocycles. The number of nitrogens with zero attached hydrogens (tertiary/aromatic N) is 2. The van der Waals surface area contributed by atoms with Crippen molar-refractivity contribution in [1.29, 1.82) is 0 Å². The van der Waals surface area contributed by atoms with Crippen LogP contribution in [0.1, 0.15) is 21.7 Å². The van der Waals surface area contributed by atoms with E-state index >= 15 is 0 Å². The molecule has 96 valence electrons. The standard InChI is InChI=1S/C14H12N2O3/c1-9-15-12-6-11(14(17)18)2-3-13(12)16(9)7-10-4-5-19-8-10/h2-6,8H,7H2,1H3,(H,17,18). The van der Waals surface area contributed by atoms with Crippen LogP contribution < -0.4 is 0 Å². The molecule has 5 heteroatoms. The summed E-state index contributed by atoms with van der Waals surface area (Å²) in [6, 6.07) is 6.88. The molecule has 3 rings (SSSR count). The quantitative estimate of drug-likeness (QED) is 0.782. The molecule has 1 N–H and O–H groups in total. The number of imidazole rings is 1. The molecule has 0 saturated heterocycles. The third-order valence-electron chi connectivity index (χ3n) is 3.11. The molecule has 0 bridgehead atoms. The Morgan fingerprint density at radius 3 is 2.95 bits per heavy atom. The van der Waals surface area contributed by atoms with Crippen molar-refractivity contribution in [2.45, 2.75) is 13.5 Å². The second kappa shape index (κ2) is 4.28. The first-order chi connectivity index (χ1) is 9.15. The van der Waals surface area contributed by atoms with Crippen molar-refractivity contribution in [1.82, 2.24) is 9.55 Å². The van der Waals surface area contributed by atoms with E-state index in [9.17, 15) is 4.79 Å². The van der Waals surface area contributed by atoms with Gasteiger partial charge in [-0.2, -0.15) is 0 Å². The second-order valence-electron chi connectivity index (χ2n) is 4.39. The zero-order valence-corrected chi connectivity index (χ0v) is 10.3. The van der Waals surface area contributed by atoms with E-state index in [1.54, 1.807) is 30.7 Å². The van der Waals surface area contributed by atoms with Gasteiger partial charge in [-0.05, 0) is 31.2 Å². The largest absolute Gasteiger partial charge is 0.478 e. The summed E-state index contributed by atoms with van der Waals surface area (Å²) in [4.78, 5) is 15.4. The number of carboxylic acid groups (broad SMARTS) is 1. The molecule has 19 heavy (non-hydrogen) atoms. The lowest BCUT2D eigenvalue weighted by molar-refractivity contribution is 0.0697. The summed E-state index contributed by atoms with van der Waals surface area (Å²) < 4.78 is 7.09. The number of hydrogen-bond donors (Lipinski definition) is 1. The van der Waals surface area contributed by atoms with Gasteiger partial charge in [0.15, 0.2) is 0 Å². The fourth-order valence-electron chi connectivity index (χ4n) is 2.15. The summed E-state index contributed by atoms with van der Waals surface area (Å²) >= 11 is 0. The molecule has 3 aromatic rings. The number of hydrogen-bond acceptors (Lipinski definition) is 3. The van der Waals surface area contributed by atoms with Gasteiger partial charge < -0.3 is 14.1 Å². The average Bonchev–Trinajstić information content (AvgIpc) is 2.98. The van der Waals surface area contributed by atoms with Crippen LogP contribution in [0.25, 0.3) is 11.0 Å². The van der Waals surface area contributed by atoms with Crippen LogP contribution in [0.4, 0.5) is 0 Å². The van der Waals surface area contributed by atoms with E-state index in [0.29, 0.717) is 12.1 Å². The molecule has 0 atom stereocenters. The van der Waals surface area contributed by atoms with Gasteiger partial charge in [0.25, 0.3) is 0 Å². The molecule has 2 aromatic heterocycles. The highest BCUT2D eigenvalue weighted by molar-refractivity contribution is 5.92. The van der Waals surface area contributed by atoms with Crippen molar-refractivity contribution in [3.63, 3.8) is 0 Å². The van der Waals surface area contributed by atoms with Gasteiger partial charge in [0.2, 0.25) is 0 Å². The molecule has 0 amide bonds. The van der Waals surface area contributed by atoms with Crippen molar-refractivity contribution in [3.05, 3.63) is 53.7 Å². The van der Waals surface area contributed by atoms with Gasteiger partial charge in [-0.3, -0.25) is 0 Å². The summed E-state index contributed by atoms with van der Waals surface area (Å²) in [6.45, 7) is 2.56. The molecule has 0 aliphatic carbocycles. The van der Waals surface area contributed by atoms with Gasteiger partial charge in [0.1, 0.15) is 5.82 Å². The van der Waals surface area contributed by atoms with E-state index in [0.717, 1.165) is 16.9 Å². The average molecular weight is 256 g/mol. The van der Waals surface area contributed by atoms with Gasteiger partial charge in [0.05, 0.1) is 35.7 Å². The molecule has 0 spiro atoms. The first-order valence-corrected chi connectivity index (χ1v) is 5.86. The maximum Gasteiger partial charge on any atom is 0.335 e. The molecular formula is C14H12N2O3. The fraction of sp³-hybridized carbons (Fsp3) is 0.143. The number of aryl methyl sites for hydroxylation is 1. The molecule has 1 aromatic carbocycles. The van der Waals surface area contributed by atoms with Crippen LogP contribution in [0.2, 0.25) is 0 Å². The Labute approximate surface area is 109 Å². The highest BCUT2D eigenvalue weighted by Gasteiger charge is 2.11. The number of rotatable bonds is 3. The Bertz CT molecular complexity index is 741. The van der Waals surface area contributed by atoms with Gasteiger partial charge in [-0.1, -0.05) is 0 Å². The maximum atomic E-state index is 10.9. The van der Waals surface area contributed by atoms with Crippen LogP contribution in [0.5, 0.6) is 0 Å². The molecule has 5 nitrogen and oxygen atoms in total. The van der Waals surface area contributed by atoms with E-state index in [2.05, 4.69) is 4.98 Å². The monoisotopic (exact) mass is 256 g/mol. The van der Waals surface area contributed by atoms with Crippen LogP contribution in [0, 0.1) is 6.92 Å². The van der Waals surface area contributed by atoms with Crippen LogP contribution in [0.3, 0.4) is 0 Å². The number of carboxylic acids is 1. The molecule has 2 heterocycles. The van der Waals surface area contributed by atoms with Gasteiger partial charge in [0, 0.05) is 5.56 Å². The molecular weight excluding hydrogens is 244 g/mol. The molecule has 0 fully saturated rings. The number of benzene rings is 1. The predicted molar refractivity (Wildman–Crippen MR) is 69.2 cm³/mol. The van der Waals surface area contributed by atoms with Gasteiger partial charge in [-0.15, -0.1) is 0 Å². The summed E-state index contributed by atoms with van der Waals surface area (Å²) in [5.41, 5.74) is 2.91. The van der Waals surface area contributed by atoms with E-state index in [-0.39, 0.29) is 5.56 Å². The van der Waals surface area contributed by atoms with Crippen LogP contribution in [0.15, 0.2) is 41.2 Å². The minimum atomic E-state index is -0.941. The third-order valence-corrected chi connectivity index (χ3v) is 3.11. The summed E-state index contributed by atoms with van der Waals surface area (Å²) in [5.74, 6) is -0.0947. The Morgan fingerprint density at radius 2 is 2.26 bits per heavy atom. The predicted octanol–water partition coefficient (Wildman–Crippen LogP) is 2.68. The Morgan fingerprint density at radius 1 is 1.42 bits per heavy atom. The van der Waals surface area contributed by atoms with Gasteiger partial charge in [-0.25, -0.2) is 9.78 Å². The van der Waals surface area contributed by atoms with E-state index in [1.807, 2.05) is 17.6 Å². The van der Waals surface area contributed by atoms with Crippen molar-refractivity contribution in [2.24, 2.45) is 0 Å². The number of carbonyl (C=O) groups is 1. The fourth-order valence-corrected chi connectivity index (χ4v) is 2.15. The van der Waals surface area contributed by atoms with Crippen molar-refractivity contribution in [2.75, 3.05) is 0 Å². The first-order valence-electron chi connectivity index (χ1n) is 5.86. The van der Waals surface area contributed by atoms with E-state index < -0.39 is 5.97 Å². The smallest absolute Gasteiger partial charge is 0.335 e. The topological polar surface area (TPSA) is 68.3 Å². The Balaban J connectivity index is 2.09. The maximum absolute atomic E-state index is 10.9. The van der Waals surface area contributed by atoms with Crippen LogP contribution in [-0.2, 0) is 6.54 Å². The van der Waals surface area contributed by atoms with Crippen molar-refractivity contribution >= 4 is 17.0 Å². The van der Waals surface area contributed by atoms with E-state index in [4.69, 9.17) is 9.52 Å². The minimum absolute atomic E-state index is 0.250. The van der Waals surface area contributed by atoms with Crippen molar-refractivity contribution in [3.8, 4) is 0 Å². The third kappa shape index (κ3) is 1.99. The zero-order valence-electron chi connectivity index (χ0n) is 10.3. The Hall–Kier alpha value is -2.56. The lowest BCUT2D eigenvalue weighted by Gasteiger charge is -2.04. The number of furan rings is 1. The molecule has 0 radical (unpaired) electrons.